The molecule has 2 spiro atoms. The van der Waals surface area contributed by atoms with Crippen molar-refractivity contribution in [1.29, 1.82) is 0 Å². The molecule has 1 saturated carbocycles. The third-order valence-electron chi connectivity index (χ3n) is 19.3. The van der Waals surface area contributed by atoms with Crippen molar-refractivity contribution in [1.82, 2.24) is 39.7 Å². The monoisotopic (exact) mass is 1210 g/mol. The maximum absolute atomic E-state index is 17.9. The number of phenolic OH excluding ortho intramolecular Hbond substituents is 2. The van der Waals surface area contributed by atoms with Gasteiger partial charge in [-0.2, -0.15) is 19.9 Å². The number of aromatic nitrogens is 6. The molecule has 20 heteroatoms. The zero-order valence-electron chi connectivity index (χ0n) is 51.5. The molecule has 0 radical (unpaired) electrons. The number of nitrogens with zero attached hydrogens (tertiary/aromatic N) is 10. The number of hydrogen-bond acceptors (Lipinski definition) is 16. The molecular weight excluding hydrogens is 1130 g/mol. The van der Waals surface area contributed by atoms with Crippen LogP contribution >= 0.6 is 0 Å². The summed E-state index contributed by atoms with van der Waals surface area (Å²) in [4.78, 5) is 37.5. The second-order valence-corrected chi connectivity index (χ2v) is 26.3. The van der Waals surface area contributed by atoms with Crippen molar-refractivity contribution in [2.45, 2.75) is 123 Å². The van der Waals surface area contributed by atoms with Crippen molar-refractivity contribution in [3.05, 3.63) is 94.8 Å². The van der Waals surface area contributed by atoms with Gasteiger partial charge in [-0.05, 0) is 146 Å². The summed E-state index contributed by atoms with van der Waals surface area (Å²) in [5, 5.41) is 25.2. The molecular formula is C68H78F4N10O6. The maximum atomic E-state index is 17.9. The summed E-state index contributed by atoms with van der Waals surface area (Å²) in [5.41, 5.74) is 0.252. The van der Waals surface area contributed by atoms with Crippen LogP contribution in [-0.4, -0.2) is 147 Å². The normalized spacial score (nSPS) is 20.1. The van der Waals surface area contributed by atoms with Gasteiger partial charge in [-0.1, -0.05) is 47.6 Å². The molecule has 16 nitrogen and oxygen atoms in total. The number of anilines is 2. The zero-order valence-corrected chi connectivity index (χ0v) is 51.5. The Morgan fingerprint density at radius 3 is 1.73 bits per heavy atom. The van der Waals surface area contributed by atoms with Gasteiger partial charge in [0.05, 0.1) is 48.4 Å². The molecule has 5 fully saturated rings. The average molecular weight is 1210 g/mol. The van der Waals surface area contributed by atoms with Crippen molar-refractivity contribution in [3.63, 3.8) is 0 Å². The lowest BCUT2D eigenvalue weighted by atomic mass is 9.86. The quantitative estimate of drug-likeness (QED) is 0.0691. The molecule has 1 aliphatic carbocycles. The molecule has 8 heterocycles. The number of pyridine rings is 2. The fourth-order valence-electron chi connectivity index (χ4n) is 14.4. The molecule has 0 amide bonds. The number of halogens is 4. The first-order valence-corrected chi connectivity index (χ1v) is 31.4. The maximum Gasteiger partial charge on any atom is 0.319 e. The van der Waals surface area contributed by atoms with Gasteiger partial charge in [-0.25, -0.2) is 17.6 Å². The summed E-state index contributed by atoms with van der Waals surface area (Å²) in [6, 6.07) is 10.4. The Hall–Kier alpha value is -7.26. The van der Waals surface area contributed by atoms with Crippen LogP contribution in [0.3, 0.4) is 0 Å². The molecule has 2 N–H and O–H groups in total. The second kappa shape index (κ2) is 23.3. The molecule has 0 bridgehead atoms. The highest BCUT2D eigenvalue weighted by molar-refractivity contribution is 6.04. The van der Waals surface area contributed by atoms with Gasteiger partial charge in [0.25, 0.3) is 0 Å². The van der Waals surface area contributed by atoms with Gasteiger partial charge in [0.15, 0.2) is 11.6 Å². The molecule has 8 aromatic rings. The lowest BCUT2D eigenvalue weighted by Crippen LogP contribution is -2.56. The van der Waals surface area contributed by atoms with Crippen LogP contribution in [0.1, 0.15) is 110 Å². The number of rotatable bonds is 20. The Morgan fingerprint density at radius 2 is 1.19 bits per heavy atom. The number of phenols is 2. The van der Waals surface area contributed by atoms with E-state index in [1.807, 2.05) is 39.6 Å². The Bertz CT molecular complexity index is 4020. The molecule has 88 heavy (non-hydrogen) atoms. The summed E-state index contributed by atoms with van der Waals surface area (Å²) in [6.45, 7) is 19.6. The zero-order chi connectivity index (χ0) is 61.4. The molecule has 5 aliphatic rings. The largest absolute Gasteiger partial charge is 0.508 e. The van der Waals surface area contributed by atoms with Gasteiger partial charge in [0.2, 0.25) is 0 Å². The summed E-state index contributed by atoms with van der Waals surface area (Å²) in [5.74, 6) is -1.72. The fraction of sp³-hybridized carbons (Fsp3) is 0.500. The average Bonchev–Trinajstić information content (AvgIpc) is 1.24. The van der Waals surface area contributed by atoms with Gasteiger partial charge < -0.3 is 48.8 Å². The molecule has 4 aromatic heterocycles. The van der Waals surface area contributed by atoms with Crippen molar-refractivity contribution in [3.8, 4) is 46.0 Å². The topological polar surface area (TPSA) is 168 Å². The van der Waals surface area contributed by atoms with Gasteiger partial charge in [0.1, 0.15) is 57.2 Å². The van der Waals surface area contributed by atoms with Crippen LogP contribution in [0.25, 0.3) is 65.9 Å². The fourth-order valence-corrected chi connectivity index (χ4v) is 14.4. The first-order chi connectivity index (χ1) is 42.3. The molecule has 0 unspecified atom stereocenters. The standard InChI is InChI=1S/C68H78F4N10O6/c1-8-44-51(69)15-14-40-26-42(83)29-47(53(40)44)57-55(71)59-49(31-73-57)61(81-22-12-16-67(36-81)20-24-87-67)77-63(75-59)85-38-65(5,6)34-79(7)33-41-27-52(70)45(9-2)54-46(41)28-43(84)30-48(54)58-56(72)60-50(32-74-58)62(82-23-13-17-68(37-82)21-25-88-68)78-64(76-60)86-39-66(18-19-66)35-80(10-3)11-4/h14-15,26-32,83-84H,8-13,16-25,33-39H2,1-7H3/t67-,68-/m0/s1. The van der Waals surface area contributed by atoms with Gasteiger partial charge in [-0.3, -0.25) is 9.97 Å². The predicted octanol–water partition coefficient (Wildman–Crippen LogP) is 12.7. The van der Waals surface area contributed by atoms with E-state index in [0.717, 1.165) is 71.0 Å². The number of benzene rings is 4. The number of aromatic hydroxyl groups is 2. The van der Waals surface area contributed by atoms with Crippen LogP contribution in [0.5, 0.6) is 23.5 Å². The van der Waals surface area contributed by atoms with Crippen molar-refractivity contribution in [2.24, 2.45) is 10.8 Å². The minimum absolute atomic E-state index is 0.0221. The Kier molecular flexibility index (Phi) is 15.8. The highest BCUT2D eigenvalue weighted by Crippen LogP contribution is 2.48. The highest BCUT2D eigenvalue weighted by Gasteiger charge is 2.46. The Labute approximate surface area is 510 Å². The number of piperidine rings is 2. The minimum Gasteiger partial charge on any atom is -0.508 e. The van der Waals surface area contributed by atoms with Gasteiger partial charge in [0, 0.05) is 93.0 Å². The van der Waals surface area contributed by atoms with E-state index < -0.39 is 28.7 Å². The van der Waals surface area contributed by atoms with Crippen LogP contribution in [-0.2, 0) is 28.9 Å². The van der Waals surface area contributed by atoms with Crippen LogP contribution in [0, 0.1) is 34.1 Å². The lowest BCUT2D eigenvalue weighted by Gasteiger charge is -2.48. The molecule has 4 aliphatic heterocycles. The summed E-state index contributed by atoms with van der Waals surface area (Å²) in [7, 11) is 1.91. The van der Waals surface area contributed by atoms with E-state index in [4.69, 9.17) is 43.9 Å². The Morgan fingerprint density at radius 1 is 0.648 bits per heavy atom. The SMILES string of the molecule is CCc1c(F)ccc2cc(O)cc(-c3ncc4c(N5CCC[C@]6(CCO6)C5)nc(OCC(C)(C)CN(C)Cc5cc(F)c(CC)c6c(-c7ncc8c(N9CCC[C@]%10(CCO%10)C9)nc(OCC9(CN(CC)CC)CC9)nc8c7F)cc(O)cc56)nc4c3F)c12. The highest BCUT2D eigenvalue weighted by atomic mass is 19.1. The molecule has 2 atom stereocenters. The van der Waals surface area contributed by atoms with Crippen LogP contribution in [0.2, 0.25) is 0 Å². The van der Waals surface area contributed by atoms with Crippen molar-refractivity contribution < 1.29 is 46.7 Å². The summed E-state index contributed by atoms with van der Waals surface area (Å²) >= 11 is 0. The summed E-state index contributed by atoms with van der Waals surface area (Å²) in [6.07, 6.45) is 11.1. The first-order valence-electron chi connectivity index (χ1n) is 31.4. The lowest BCUT2D eigenvalue weighted by molar-refractivity contribution is -0.151. The van der Waals surface area contributed by atoms with Crippen molar-refractivity contribution in [2.75, 3.05) is 95.6 Å². The number of hydrogen-bond donors (Lipinski definition) is 2. The first kappa shape index (κ1) is 59.7. The van der Waals surface area contributed by atoms with Crippen LogP contribution in [0.15, 0.2) is 54.9 Å². The predicted molar refractivity (Wildman–Crippen MR) is 333 cm³/mol. The second-order valence-electron chi connectivity index (χ2n) is 26.3. The number of ether oxygens (including phenoxy) is 4. The van der Waals surface area contributed by atoms with E-state index >= 15 is 17.6 Å². The van der Waals surface area contributed by atoms with Crippen molar-refractivity contribution >= 4 is 55.0 Å². The van der Waals surface area contributed by atoms with Crippen LogP contribution < -0.4 is 19.3 Å². The molecule has 4 saturated heterocycles. The number of aryl methyl sites for hydroxylation is 2. The van der Waals surface area contributed by atoms with E-state index in [9.17, 15) is 10.2 Å². The van der Waals surface area contributed by atoms with Gasteiger partial charge in [-0.15, -0.1) is 0 Å². The van der Waals surface area contributed by atoms with E-state index in [-0.39, 0.29) is 93.3 Å². The Balaban J connectivity index is 0.808. The number of fused-ring (bicyclic) bond motifs is 4. The van der Waals surface area contributed by atoms with E-state index in [2.05, 4.69) is 33.5 Å². The van der Waals surface area contributed by atoms with E-state index in [1.165, 1.54) is 36.5 Å². The molecule has 4 aromatic carbocycles. The van der Waals surface area contributed by atoms with Crippen LogP contribution in [0.4, 0.5) is 29.2 Å². The smallest absolute Gasteiger partial charge is 0.319 e. The van der Waals surface area contributed by atoms with E-state index in [1.54, 1.807) is 18.3 Å². The minimum atomic E-state index is -0.771. The third-order valence-corrected chi connectivity index (χ3v) is 19.3. The molecule has 13 rings (SSSR count). The third kappa shape index (κ3) is 11.1. The van der Waals surface area contributed by atoms with E-state index in [0.29, 0.717) is 120 Å². The summed E-state index contributed by atoms with van der Waals surface area (Å²) < 4.78 is 92.9. The van der Waals surface area contributed by atoms with Gasteiger partial charge >= 0.3 is 12.0 Å². The molecule has 464 valence electrons.